The molecule has 0 fully saturated rings. The highest BCUT2D eigenvalue weighted by atomic mass is 16.3. The molecule has 1 aliphatic rings. The Labute approximate surface area is 144 Å². The second kappa shape index (κ2) is 5.49. The molecule has 0 saturated carbocycles. The van der Waals surface area contributed by atoms with Crippen LogP contribution in [0.4, 0.5) is 5.69 Å². The number of benzene rings is 2. The molecule has 0 amide bonds. The number of aromatic nitrogens is 2. The Morgan fingerprint density at radius 2 is 2.00 bits per heavy atom. The van der Waals surface area contributed by atoms with Crippen molar-refractivity contribution in [3.05, 3.63) is 65.2 Å². The minimum Gasteiger partial charge on any atom is -0.509 e. The number of H-pyrrole nitrogens is 1. The van der Waals surface area contributed by atoms with E-state index in [1.54, 1.807) is 29.2 Å². The maximum absolute atomic E-state index is 10.4. The summed E-state index contributed by atoms with van der Waals surface area (Å²) in [5.74, 6) is 0.766. The van der Waals surface area contributed by atoms with E-state index in [-0.39, 0.29) is 18.1 Å². The summed E-state index contributed by atoms with van der Waals surface area (Å²) in [5, 5.41) is 27.8. The molecular formula is C19H15N5O. The quantitative estimate of drug-likeness (QED) is 0.670. The molecule has 0 unspecified atom stereocenters. The predicted octanol–water partition coefficient (Wildman–Crippen LogP) is 3.51. The summed E-state index contributed by atoms with van der Waals surface area (Å²) in [6.07, 6.45) is 0. The summed E-state index contributed by atoms with van der Waals surface area (Å²) >= 11 is 0. The van der Waals surface area contributed by atoms with Crippen LogP contribution in [-0.4, -0.2) is 27.5 Å². The standard InChI is InChI=1S/C19H15N5O/c1-11-2-7-14-15(8-11)23-19(22-14)17-16(25)10-24(18(17)21)13-5-3-12(9-20)4-6-13/h2-8,21,25H,10H2,1H3,(H,22,23). The molecule has 0 saturated heterocycles. The molecule has 0 spiro atoms. The lowest BCUT2D eigenvalue weighted by Gasteiger charge is -2.18. The van der Waals surface area contributed by atoms with E-state index >= 15 is 0 Å². The van der Waals surface area contributed by atoms with E-state index in [1.807, 2.05) is 25.1 Å². The van der Waals surface area contributed by atoms with Crippen LogP contribution >= 0.6 is 0 Å². The van der Waals surface area contributed by atoms with Crippen molar-refractivity contribution < 1.29 is 5.11 Å². The molecule has 0 bridgehead atoms. The topological polar surface area (TPSA) is 99.8 Å². The fourth-order valence-electron chi connectivity index (χ4n) is 3.01. The van der Waals surface area contributed by atoms with Gasteiger partial charge in [0.05, 0.1) is 34.8 Å². The van der Waals surface area contributed by atoms with Crippen molar-refractivity contribution in [2.24, 2.45) is 0 Å². The van der Waals surface area contributed by atoms with E-state index in [9.17, 15) is 5.11 Å². The molecule has 2 heterocycles. The molecule has 3 aromatic rings. The van der Waals surface area contributed by atoms with Crippen LogP contribution in [0.5, 0.6) is 0 Å². The van der Waals surface area contributed by atoms with E-state index in [0.29, 0.717) is 17.0 Å². The van der Waals surface area contributed by atoms with E-state index in [2.05, 4.69) is 16.0 Å². The molecule has 0 atom stereocenters. The number of aryl methyl sites for hydroxylation is 1. The fourth-order valence-corrected chi connectivity index (χ4v) is 3.01. The SMILES string of the molecule is Cc1ccc2nc(C3=C(O)CN(c4ccc(C#N)cc4)C3=N)[nH]c2c1. The molecule has 1 aromatic heterocycles. The molecule has 4 rings (SSSR count). The Morgan fingerprint density at radius 1 is 1.24 bits per heavy atom. The van der Waals surface area contributed by atoms with Gasteiger partial charge in [-0.05, 0) is 48.9 Å². The molecule has 0 aliphatic carbocycles. The van der Waals surface area contributed by atoms with E-state index < -0.39 is 0 Å². The summed E-state index contributed by atoms with van der Waals surface area (Å²) in [5.41, 5.74) is 4.49. The average molecular weight is 329 g/mol. The molecule has 122 valence electrons. The van der Waals surface area contributed by atoms with Crippen LogP contribution in [0.3, 0.4) is 0 Å². The van der Waals surface area contributed by atoms with Crippen molar-refractivity contribution in [3.8, 4) is 6.07 Å². The molecule has 1 aliphatic heterocycles. The van der Waals surface area contributed by atoms with Crippen LogP contribution in [0.1, 0.15) is 17.0 Å². The van der Waals surface area contributed by atoms with Gasteiger partial charge in [0.2, 0.25) is 0 Å². The zero-order valence-electron chi connectivity index (χ0n) is 13.5. The molecule has 2 aromatic carbocycles. The molecular weight excluding hydrogens is 314 g/mol. The summed E-state index contributed by atoms with van der Waals surface area (Å²) in [6.45, 7) is 2.21. The van der Waals surface area contributed by atoms with Crippen LogP contribution in [0.2, 0.25) is 0 Å². The number of aliphatic hydroxyl groups excluding tert-OH is 1. The number of fused-ring (bicyclic) bond motifs is 1. The number of rotatable bonds is 2. The number of anilines is 1. The number of nitrogens with one attached hydrogen (secondary N) is 2. The van der Waals surface area contributed by atoms with E-state index in [4.69, 9.17) is 10.7 Å². The Balaban J connectivity index is 1.71. The third-order valence-corrected chi connectivity index (χ3v) is 4.29. The van der Waals surface area contributed by atoms with Gasteiger partial charge < -0.3 is 15.0 Å². The molecule has 0 radical (unpaired) electrons. The Hall–Kier alpha value is -3.59. The number of aromatic amines is 1. The van der Waals surface area contributed by atoms with Gasteiger partial charge in [0.15, 0.2) is 0 Å². The second-order valence-corrected chi connectivity index (χ2v) is 6.02. The van der Waals surface area contributed by atoms with Crippen molar-refractivity contribution in [3.63, 3.8) is 0 Å². The van der Waals surface area contributed by atoms with Gasteiger partial charge in [-0.1, -0.05) is 6.07 Å². The van der Waals surface area contributed by atoms with Gasteiger partial charge >= 0.3 is 0 Å². The Morgan fingerprint density at radius 3 is 2.72 bits per heavy atom. The van der Waals surface area contributed by atoms with Crippen molar-refractivity contribution in [1.29, 1.82) is 10.7 Å². The van der Waals surface area contributed by atoms with Crippen molar-refractivity contribution >= 4 is 28.1 Å². The van der Waals surface area contributed by atoms with Gasteiger partial charge in [-0.3, -0.25) is 5.41 Å². The third-order valence-electron chi connectivity index (χ3n) is 4.29. The van der Waals surface area contributed by atoms with Gasteiger partial charge in [0.25, 0.3) is 0 Å². The third kappa shape index (κ3) is 2.42. The highest BCUT2D eigenvalue weighted by Crippen LogP contribution is 2.31. The molecule has 6 heteroatoms. The summed E-state index contributed by atoms with van der Waals surface area (Å²) < 4.78 is 0. The number of nitriles is 1. The first-order valence-electron chi connectivity index (χ1n) is 7.82. The maximum Gasteiger partial charge on any atom is 0.145 e. The number of aliphatic hydroxyl groups is 1. The summed E-state index contributed by atoms with van der Waals surface area (Å²) in [7, 11) is 0. The highest BCUT2D eigenvalue weighted by molar-refractivity contribution is 6.30. The first-order chi connectivity index (χ1) is 12.1. The zero-order chi connectivity index (χ0) is 17.6. The molecule has 6 nitrogen and oxygen atoms in total. The number of amidine groups is 1. The summed E-state index contributed by atoms with van der Waals surface area (Å²) in [4.78, 5) is 9.38. The fraction of sp³-hybridized carbons (Fsp3) is 0.105. The average Bonchev–Trinajstić information content (AvgIpc) is 3.14. The second-order valence-electron chi connectivity index (χ2n) is 6.02. The minimum absolute atomic E-state index is 0.102. The highest BCUT2D eigenvalue weighted by Gasteiger charge is 2.31. The van der Waals surface area contributed by atoms with Crippen LogP contribution in [0, 0.1) is 23.7 Å². The lowest BCUT2D eigenvalue weighted by Crippen LogP contribution is -2.26. The number of nitrogens with zero attached hydrogens (tertiary/aromatic N) is 3. The van der Waals surface area contributed by atoms with Crippen molar-refractivity contribution in [1.82, 2.24) is 9.97 Å². The van der Waals surface area contributed by atoms with Gasteiger partial charge in [-0.2, -0.15) is 5.26 Å². The van der Waals surface area contributed by atoms with Crippen LogP contribution in [-0.2, 0) is 0 Å². The normalized spacial score (nSPS) is 14.4. The van der Waals surface area contributed by atoms with Gasteiger partial charge in [0, 0.05) is 5.69 Å². The van der Waals surface area contributed by atoms with Crippen LogP contribution in [0.25, 0.3) is 16.6 Å². The van der Waals surface area contributed by atoms with Gasteiger partial charge in [-0.15, -0.1) is 0 Å². The van der Waals surface area contributed by atoms with Crippen LogP contribution in [0.15, 0.2) is 48.2 Å². The number of imidazole rings is 1. The molecule has 3 N–H and O–H groups in total. The van der Waals surface area contributed by atoms with Gasteiger partial charge in [-0.25, -0.2) is 4.98 Å². The maximum atomic E-state index is 10.4. The van der Waals surface area contributed by atoms with E-state index in [1.165, 1.54) is 0 Å². The Kier molecular flexibility index (Phi) is 3.29. The lowest BCUT2D eigenvalue weighted by atomic mass is 10.2. The van der Waals surface area contributed by atoms with Crippen molar-refractivity contribution in [2.75, 3.05) is 11.4 Å². The first-order valence-corrected chi connectivity index (χ1v) is 7.82. The Bertz CT molecular complexity index is 1070. The van der Waals surface area contributed by atoms with E-state index in [0.717, 1.165) is 22.3 Å². The van der Waals surface area contributed by atoms with Crippen molar-refractivity contribution in [2.45, 2.75) is 6.92 Å². The number of hydrogen-bond acceptors (Lipinski definition) is 4. The first kappa shape index (κ1) is 15.0. The largest absolute Gasteiger partial charge is 0.509 e. The zero-order valence-corrected chi connectivity index (χ0v) is 13.5. The monoisotopic (exact) mass is 329 g/mol. The minimum atomic E-state index is 0.102. The summed E-state index contributed by atoms with van der Waals surface area (Å²) in [6, 6.07) is 14.9. The predicted molar refractivity (Wildman–Crippen MR) is 96.6 cm³/mol. The van der Waals surface area contributed by atoms with Gasteiger partial charge in [0.1, 0.15) is 17.4 Å². The van der Waals surface area contributed by atoms with Crippen LogP contribution < -0.4 is 4.90 Å². The number of hydrogen-bond donors (Lipinski definition) is 3. The molecule has 25 heavy (non-hydrogen) atoms. The lowest BCUT2D eigenvalue weighted by molar-refractivity contribution is 0.411. The smallest absolute Gasteiger partial charge is 0.145 e.